The van der Waals surface area contributed by atoms with Crippen LogP contribution in [0.25, 0.3) is 44.6 Å². The molecule has 5 rings (SSSR count). The van der Waals surface area contributed by atoms with Crippen LogP contribution in [0.1, 0.15) is 11.1 Å². The van der Waals surface area contributed by atoms with E-state index in [-0.39, 0.29) is 20.1 Å². The monoisotopic (exact) mass is 603 g/mol. The second-order valence-corrected chi connectivity index (χ2v) is 8.24. The van der Waals surface area contributed by atoms with Gasteiger partial charge in [-0.1, -0.05) is 71.8 Å². The number of rotatable bonds is 4. The van der Waals surface area contributed by atoms with Gasteiger partial charge in [-0.05, 0) is 71.6 Å². The molecule has 33 heavy (non-hydrogen) atoms. The van der Waals surface area contributed by atoms with E-state index in [0.717, 1.165) is 16.8 Å². The van der Waals surface area contributed by atoms with Crippen molar-refractivity contribution >= 4 is 0 Å². The fraction of sp³-hybridized carbons (Fsp3) is 0.0645. The van der Waals surface area contributed by atoms with E-state index >= 15 is 0 Å². The molecular weight excluding hydrogens is 579 g/mol. The van der Waals surface area contributed by atoms with Gasteiger partial charge in [0.2, 0.25) is 0 Å². The first-order chi connectivity index (χ1) is 15.7. The van der Waals surface area contributed by atoms with E-state index in [1.54, 1.807) is 0 Å². The molecule has 5 aromatic rings. The average Bonchev–Trinajstić information content (AvgIpc) is 2.85. The summed E-state index contributed by atoms with van der Waals surface area (Å²) in [4.78, 5) is 4.50. The Kier molecular flexibility index (Phi) is 6.98. The molecule has 1 aromatic heterocycles. The number of nitrogens with zero attached hydrogens (tertiary/aromatic N) is 1. The topological polar surface area (TPSA) is 12.9 Å². The summed E-state index contributed by atoms with van der Waals surface area (Å²) in [5, 5.41) is 0. The molecule has 0 saturated heterocycles. The Morgan fingerprint density at radius 3 is 1.61 bits per heavy atom. The molecule has 1 radical (unpaired) electrons. The summed E-state index contributed by atoms with van der Waals surface area (Å²) in [5.74, 6) is 0. The van der Waals surface area contributed by atoms with E-state index in [4.69, 9.17) is 0 Å². The van der Waals surface area contributed by atoms with E-state index < -0.39 is 0 Å². The summed E-state index contributed by atoms with van der Waals surface area (Å²) in [7, 11) is 0. The predicted octanol–water partition coefficient (Wildman–Crippen LogP) is 8.16. The number of hydrogen-bond acceptors (Lipinski definition) is 1. The number of benzene rings is 4. The maximum absolute atomic E-state index is 4.50. The molecular formula is C31H24IrN-. The number of hydrogen-bond donors (Lipinski definition) is 0. The molecule has 0 aliphatic heterocycles. The first kappa shape index (κ1) is 22.9. The van der Waals surface area contributed by atoms with Crippen molar-refractivity contribution in [3.63, 3.8) is 0 Å². The number of pyridine rings is 1. The molecule has 0 spiro atoms. The summed E-state index contributed by atoms with van der Waals surface area (Å²) in [6.45, 7) is 4.25. The first-order valence-electron chi connectivity index (χ1n) is 10.9. The van der Waals surface area contributed by atoms with Gasteiger partial charge in [0.15, 0.2) is 0 Å². The molecule has 1 nitrogen and oxygen atoms in total. The van der Waals surface area contributed by atoms with Crippen LogP contribution in [0.3, 0.4) is 0 Å². The standard InChI is InChI=1S/C31H24N.Ir/c1-22-9-13-24(14-10-22)28-19-29(25-15-11-23(2)12-16-25)21-30(20-28)26-6-5-7-27(18-26)31-8-3-4-17-32-31;/h3-6,8-21H,1-2H3;/q-1;. The molecule has 163 valence electrons. The van der Waals surface area contributed by atoms with Crippen molar-refractivity contribution in [3.8, 4) is 44.6 Å². The smallest absolute Gasteiger partial charge is 0.0160 e. The minimum atomic E-state index is 0. The molecule has 0 bridgehead atoms. The fourth-order valence-corrected chi connectivity index (χ4v) is 3.94. The summed E-state index contributed by atoms with van der Waals surface area (Å²) >= 11 is 0. The van der Waals surface area contributed by atoms with Gasteiger partial charge in [-0.15, -0.1) is 35.4 Å². The fourth-order valence-electron chi connectivity index (χ4n) is 3.94. The van der Waals surface area contributed by atoms with Crippen LogP contribution >= 0.6 is 0 Å². The van der Waals surface area contributed by atoms with Crippen LogP contribution in [0.4, 0.5) is 0 Å². The zero-order chi connectivity index (χ0) is 21.9. The molecule has 0 aliphatic carbocycles. The van der Waals surface area contributed by atoms with E-state index in [9.17, 15) is 0 Å². The molecule has 1 heterocycles. The van der Waals surface area contributed by atoms with Gasteiger partial charge >= 0.3 is 0 Å². The zero-order valence-electron chi connectivity index (χ0n) is 18.7. The molecule has 4 aromatic carbocycles. The third-order valence-corrected chi connectivity index (χ3v) is 5.78. The van der Waals surface area contributed by atoms with E-state index in [1.807, 2.05) is 30.5 Å². The Morgan fingerprint density at radius 2 is 1.09 bits per heavy atom. The van der Waals surface area contributed by atoms with Gasteiger partial charge in [0, 0.05) is 26.3 Å². The van der Waals surface area contributed by atoms with Gasteiger partial charge in [-0.3, -0.25) is 0 Å². The van der Waals surface area contributed by atoms with Crippen molar-refractivity contribution < 1.29 is 20.1 Å². The SMILES string of the molecule is Cc1ccc(-c2cc(-c3ccc(C)cc3)cc(-c3cc[c-]c(-c4ccccn4)c3)c2)cc1.[Ir]. The minimum Gasteiger partial charge on any atom is -0.305 e. The van der Waals surface area contributed by atoms with Gasteiger partial charge < -0.3 is 4.98 Å². The Bertz CT molecular complexity index is 1290. The van der Waals surface area contributed by atoms with Crippen LogP contribution in [0, 0.1) is 19.9 Å². The van der Waals surface area contributed by atoms with Crippen molar-refractivity contribution in [1.82, 2.24) is 4.98 Å². The molecule has 0 unspecified atom stereocenters. The van der Waals surface area contributed by atoms with Gasteiger partial charge in [0.05, 0.1) is 0 Å². The summed E-state index contributed by atoms with van der Waals surface area (Å²) in [5.41, 5.74) is 11.7. The summed E-state index contributed by atoms with van der Waals surface area (Å²) < 4.78 is 0. The van der Waals surface area contributed by atoms with Crippen LogP contribution in [0.15, 0.2) is 109 Å². The first-order valence-corrected chi connectivity index (χ1v) is 10.9. The Morgan fingerprint density at radius 1 is 0.545 bits per heavy atom. The van der Waals surface area contributed by atoms with E-state index in [2.05, 4.69) is 104 Å². The van der Waals surface area contributed by atoms with Crippen LogP contribution < -0.4 is 0 Å². The van der Waals surface area contributed by atoms with E-state index in [1.165, 1.54) is 38.9 Å². The quantitative estimate of drug-likeness (QED) is 0.189. The van der Waals surface area contributed by atoms with Crippen LogP contribution in [0.2, 0.25) is 0 Å². The summed E-state index contributed by atoms with van der Waals surface area (Å²) in [6.07, 6.45) is 1.82. The molecule has 0 amide bonds. The normalized spacial score (nSPS) is 10.5. The van der Waals surface area contributed by atoms with Crippen LogP contribution in [0.5, 0.6) is 0 Å². The molecule has 0 saturated carbocycles. The predicted molar refractivity (Wildman–Crippen MR) is 134 cm³/mol. The maximum Gasteiger partial charge on any atom is 0.0160 e. The summed E-state index contributed by atoms with van der Waals surface area (Å²) in [6, 6.07) is 39.9. The largest absolute Gasteiger partial charge is 0.305 e. The van der Waals surface area contributed by atoms with Gasteiger partial charge in [-0.2, -0.15) is 0 Å². The maximum atomic E-state index is 4.50. The van der Waals surface area contributed by atoms with Crippen molar-refractivity contribution in [2.45, 2.75) is 13.8 Å². The molecule has 0 fully saturated rings. The Labute approximate surface area is 209 Å². The Hall–Kier alpha value is -3.32. The van der Waals surface area contributed by atoms with Gasteiger partial charge in [0.1, 0.15) is 0 Å². The van der Waals surface area contributed by atoms with Crippen molar-refractivity contribution in [2.75, 3.05) is 0 Å². The molecule has 0 N–H and O–H groups in total. The van der Waals surface area contributed by atoms with Gasteiger partial charge in [0.25, 0.3) is 0 Å². The minimum absolute atomic E-state index is 0. The Balaban J connectivity index is 0.00000259. The van der Waals surface area contributed by atoms with Crippen LogP contribution in [-0.2, 0) is 20.1 Å². The van der Waals surface area contributed by atoms with E-state index in [0.29, 0.717) is 0 Å². The van der Waals surface area contributed by atoms with Crippen molar-refractivity contribution in [3.05, 3.63) is 127 Å². The molecule has 2 heteroatoms. The van der Waals surface area contributed by atoms with Crippen LogP contribution in [-0.4, -0.2) is 4.98 Å². The zero-order valence-corrected chi connectivity index (χ0v) is 21.1. The second kappa shape index (κ2) is 10.1. The van der Waals surface area contributed by atoms with Gasteiger partial charge in [-0.25, -0.2) is 0 Å². The number of aryl methyl sites for hydroxylation is 2. The third kappa shape index (κ3) is 5.20. The molecule has 0 aliphatic rings. The number of aromatic nitrogens is 1. The van der Waals surface area contributed by atoms with Crippen molar-refractivity contribution in [2.24, 2.45) is 0 Å². The second-order valence-electron chi connectivity index (χ2n) is 8.24. The van der Waals surface area contributed by atoms with Crippen molar-refractivity contribution in [1.29, 1.82) is 0 Å². The third-order valence-electron chi connectivity index (χ3n) is 5.78. The average molecular weight is 603 g/mol. The molecule has 0 atom stereocenters.